The standard InChI is InChI=1S/C9H12N6OS2/c1-3-11-8-13-6(10)5(17-8)7(16)14-9-12-4(2)15-18-9/h3,10H2,1-2H3,(H,11,13)(H,12,14,15,16). The second-order valence-corrected chi connectivity index (χ2v) is 5.12. The Morgan fingerprint density at radius 3 is 2.78 bits per heavy atom. The van der Waals surface area contributed by atoms with E-state index in [2.05, 4.69) is 25.0 Å². The first-order valence-corrected chi connectivity index (χ1v) is 6.81. The fraction of sp³-hybridized carbons (Fsp3) is 0.333. The quantitative estimate of drug-likeness (QED) is 0.787. The molecular weight excluding hydrogens is 272 g/mol. The van der Waals surface area contributed by atoms with Gasteiger partial charge in [0.1, 0.15) is 16.5 Å². The number of hydrogen-bond donors (Lipinski definition) is 3. The normalized spacial score (nSPS) is 10.3. The molecule has 2 aromatic heterocycles. The van der Waals surface area contributed by atoms with Crippen molar-refractivity contribution < 1.29 is 4.79 Å². The van der Waals surface area contributed by atoms with E-state index in [1.54, 1.807) is 6.92 Å². The number of amides is 1. The van der Waals surface area contributed by atoms with Crippen LogP contribution >= 0.6 is 22.9 Å². The van der Waals surface area contributed by atoms with Gasteiger partial charge in [0.05, 0.1) is 0 Å². The molecule has 18 heavy (non-hydrogen) atoms. The van der Waals surface area contributed by atoms with E-state index in [-0.39, 0.29) is 11.7 Å². The lowest BCUT2D eigenvalue weighted by molar-refractivity contribution is 0.103. The highest BCUT2D eigenvalue weighted by molar-refractivity contribution is 7.18. The van der Waals surface area contributed by atoms with Gasteiger partial charge in [0.15, 0.2) is 5.13 Å². The zero-order chi connectivity index (χ0) is 13.1. The minimum Gasteiger partial charge on any atom is -0.382 e. The third-order valence-electron chi connectivity index (χ3n) is 1.94. The smallest absolute Gasteiger partial charge is 0.271 e. The number of aromatic nitrogens is 3. The van der Waals surface area contributed by atoms with Gasteiger partial charge in [-0.3, -0.25) is 10.1 Å². The molecule has 0 aliphatic heterocycles. The average Bonchev–Trinajstić information content (AvgIpc) is 2.86. The maximum Gasteiger partial charge on any atom is 0.271 e. The van der Waals surface area contributed by atoms with Gasteiger partial charge in [0, 0.05) is 18.1 Å². The number of nitrogens with zero attached hydrogens (tertiary/aromatic N) is 3. The van der Waals surface area contributed by atoms with Gasteiger partial charge >= 0.3 is 0 Å². The second-order valence-electron chi connectivity index (χ2n) is 3.36. The molecule has 2 rings (SSSR count). The Morgan fingerprint density at radius 1 is 1.39 bits per heavy atom. The lowest BCUT2D eigenvalue weighted by Crippen LogP contribution is -2.11. The molecule has 0 bridgehead atoms. The van der Waals surface area contributed by atoms with Crippen molar-refractivity contribution in [1.29, 1.82) is 0 Å². The highest BCUT2D eigenvalue weighted by Crippen LogP contribution is 2.25. The number of thiazole rings is 1. The predicted octanol–water partition coefficient (Wildman–Crippen LogP) is 1.57. The van der Waals surface area contributed by atoms with Gasteiger partial charge in [-0.25, -0.2) is 9.97 Å². The summed E-state index contributed by atoms with van der Waals surface area (Å²) < 4.78 is 3.98. The molecule has 0 radical (unpaired) electrons. The molecule has 1 amide bonds. The molecule has 0 spiro atoms. The highest BCUT2D eigenvalue weighted by atomic mass is 32.1. The van der Waals surface area contributed by atoms with Gasteiger partial charge < -0.3 is 11.1 Å². The SMILES string of the molecule is CCNc1nc(N)c(C(=O)Nc2nc(C)ns2)s1. The van der Waals surface area contributed by atoms with E-state index in [0.29, 0.717) is 21.0 Å². The first-order valence-electron chi connectivity index (χ1n) is 5.22. The number of nitrogens with two attached hydrogens (primary N) is 1. The van der Waals surface area contributed by atoms with Crippen LogP contribution in [0, 0.1) is 6.92 Å². The molecule has 0 aromatic carbocycles. The maximum atomic E-state index is 12.0. The van der Waals surface area contributed by atoms with Gasteiger partial charge in [-0.15, -0.1) is 0 Å². The van der Waals surface area contributed by atoms with Crippen LogP contribution in [-0.4, -0.2) is 26.8 Å². The van der Waals surface area contributed by atoms with Crippen molar-refractivity contribution in [3.8, 4) is 0 Å². The van der Waals surface area contributed by atoms with E-state index >= 15 is 0 Å². The van der Waals surface area contributed by atoms with E-state index in [0.717, 1.165) is 18.1 Å². The predicted molar refractivity (Wildman–Crippen MR) is 73.3 cm³/mol. The number of carbonyl (C=O) groups is 1. The zero-order valence-corrected chi connectivity index (χ0v) is 11.5. The number of aryl methyl sites for hydroxylation is 1. The number of hydrogen-bond acceptors (Lipinski definition) is 8. The first kappa shape index (κ1) is 12.7. The summed E-state index contributed by atoms with van der Waals surface area (Å²) in [5.74, 6) is 0.529. The molecule has 7 nitrogen and oxygen atoms in total. The summed E-state index contributed by atoms with van der Waals surface area (Å²) in [6.07, 6.45) is 0. The molecule has 0 unspecified atom stereocenters. The van der Waals surface area contributed by atoms with Crippen molar-refractivity contribution in [2.24, 2.45) is 0 Å². The van der Waals surface area contributed by atoms with Crippen LogP contribution in [0.25, 0.3) is 0 Å². The topological polar surface area (TPSA) is 106 Å². The molecule has 0 saturated heterocycles. The van der Waals surface area contributed by atoms with Gasteiger partial charge in [-0.1, -0.05) is 11.3 Å². The van der Waals surface area contributed by atoms with E-state index in [9.17, 15) is 4.79 Å². The highest BCUT2D eigenvalue weighted by Gasteiger charge is 2.17. The van der Waals surface area contributed by atoms with Crippen LogP contribution in [-0.2, 0) is 0 Å². The Bertz CT molecular complexity index is 563. The zero-order valence-electron chi connectivity index (χ0n) is 9.85. The number of nitrogen functional groups attached to an aromatic ring is 1. The van der Waals surface area contributed by atoms with Gasteiger partial charge in [0.25, 0.3) is 5.91 Å². The number of carbonyl (C=O) groups excluding carboxylic acids is 1. The lowest BCUT2D eigenvalue weighted by atomic mass is 10.5. The van der Waals surface area contributed by atoms with Crippen molar-refractivity contribution in [1.82, 2.24) is 14.3 Å². The molecule has 0 fully saturated rings. The molecule has 0 aliphatic carbocycles. The monoisotopic (exact) mass is 284 g/mol. The number of rotatable bonds is 4. The third kappa shape index (κ3) is 2.74. The summed E-state index contributed by atoms with van der Waals surface area (Å²) in [6.45, 7) is 4.43. The molecule has 0 aliphatic rings. The Hall–Kier alpha value is -1.74. The number of nitrogens with one attached hydrogen (secondary N) is 2. The summed E-state index contributed by atoms with van der Waals surface area (Å²) in [7, 11) is 0. The minimum absolute atomic E-state index is 0.217. The maximum absolute atomic E-state index is 12.0. The summed E-state index contributed by atoms with van der Waals surface area (Å²) in [6, 6.07) is 0. The molecular formula is C9H12N6OS2. The molecule has 96 valence electrons. The molecule has 4 N–H and O–H groups in total. The minimum atomic E-state index is -0.315. The van der Waals surface area contributed by atoms with Crippen LogP contribution in [0.4, 0.5) is 16.1 Å². The Kier molecular flexibility index (Phi) is 3.72. The lowest BCUT2D eigenvalue weighted by Gasteiger charge is -1.97. The van der Waals surface area contributed by atoms with Crippen molar-refractivity contribution in [3.63, 3.8) is 0 Å². The molecule has 0 saturated carbocycles. The van der Waals surface area contributed by atoms with Crippen molar-refractivity contribution in [3.05, 3.63) is 10.7 Å². The average molecular weight is 284 g/mol. The Balaban J connectivity index is 2.13. The van der Waals surface area contributed by atoms with E-state index in [1.807, 2.05) is 6.92 Å². The fourth-order valence-electron chi connectivity index (χ4n) is 1.22. The van der Waals surface area contributed by atoms with E-state index in [4.69, 9.17) is 5.73 Å². The summed E-state index contributed by atoms with van der Waals surface area (Å²) >= 11 is 2.35. The van der Waals surface area contributed by atoms with E-state index in [1.165, 1.54) is 11.3 Å². The van der Waals surface area contributed by atoms with Crippen LogP contribution < -0.4 is 16.4 Å². The van der Waals surface area contributed by atoms with Crippen LogP contribution in [0.3, 0.4) is 0 Å². The van der Waals surface area contributed by atoms with Crippen molar-refractivity contribution in [2.45, 2.75) is 13.8 Å². The summed E-state index contributed by atoms with van der Waals surface area (Å²) in [5, 5.41) is 6.74. The molecule has 0 atom stereocenters. The van der Waals surface area contributed by atoms with E-state index < -0.39 is 0 Å². The molecule has 2 aromatic rings. The third-order valence-corrected chi connectivity index (χ3v) is 3.69. The Morgan fingerprint density at radius 2 is 2.17 bits per heavy atom. The van der Waals surface area contributed by atoms with Crippen LogP contribution in [0.5, 0.6) is 0 Å². The second kappa shape index (κ2) is 5.27. The van der Waals surface area contributed by atoms with Crippen LogP contribution in [0.15, 0.2) is 0 Å². The van der Waals surface area contributed by atoms with Gasteiger partial charge in [-0.2, -0.15) is 4.37 Å². The Labute approximate surface area is 112 Å². The summed E-state index contributed by atoms with van der Waals surface area (Å²) in [4.78, 5) is 20.4. The van der Waals surface area contributed by atoms with Gasteiger partial charge in [0.2, 0.25) is 5.13 Å². The molecule has 9 heteroatoms. The van der Waals surface area contributed by atoms with Crippen molar-refractivity contribution in [2.75, 3.05) is 22.9 Å². The first-order chi connectivity index (χ1) is 8.60. The fourth-order valence-corrected chi connectivity index (χ4v) is 2.64. The van der Waals surface area contributed by atoms with Gasteiger partial charge in [-0.05, 0) is 13.8 Å². The molecule has 2 heterocycles. The largest absolute Gasteiger partial charge is 0.382 e. The number of anilines is 3. The summed E-state index contributed by atoms with van der Waals surface area (Å²) in [5.41, 5.74) is 5.70. The van der Waals surface area contributed by atoms with Crippen molar-refractivity contribution >= 4 is 44.9 Å². The van der Waals surface area contributed by atoms with Crippen LogP contribution in [0.1, 0.15) is 22.4 Å². The van der Waals surface area contributed by atoms with Crippen LogP contribution in [0.2, 0.25) is 0 Å².